The Morgan fingerprint density at radius 2 is 0.672 bits per heavy atom. The number of rotatable bonds is 6. The van der Waals surface area contributed by atoms with Crippen LogP contribution in [0.2, 0.25) is 0 Å². The first-order chi connectivity index (χ1) is 59.5. The minimum absolute atomic E-state index is 0.364. The van der Waals surface area contributed by atoms with E-state index < -0.39 is 18.6 Å². The second-order valence-corrected chi connectivity index (χ2v) is 34.1. The van der Waals surface area contributed by atoms with Gasteiger partial charge in [-0.25, -0.2) is 22.8 Å². The van der Waals surface area contributed by atoms with Gasteiger partial charge >= 0.3 is 0 Å². The molecule has 0 saturated carbocycles. The zero-order valence-corrected chi connectivity index (χ0v) is 71.5. The normalized spacial score (nSPS) is 13.3. The third-order valence-corrected chi connectivity index (χ3v) is 26.1. The molecule has 0 radical (unpaired) electrons. The summed E-state index contributed by atoms with van der Waals surface area (Å²) in [5, 5.41) is 6.46. The Balaban J connectivity index is 0.000000106. The lowest BCUT2D eigenvalue weighted by Gasteiger charge is -2.15. The largest absolute Gasteiger partial charge is 0.221 e. The zero-order chi connectivity index (χ0) is 86.7. The Hall–Kier alpha value is -12.8. The van der Waals surface area contributed by atoms with Crippen molar-refractivity contribution < 1.29 is 29.7 Å². The summed E-state index contributed by atoms with van der Waals surface area (Å²) in [6, 6.07) is 93.8. The molecule has 5 heterocycles. The predicted octanol–water partition coefficient (Wildman–Crippen LogP) is 24.9. The van der Waals surface area contributed by atoms with E-state index in [9.17, 15) is 0 Å². The van der Waals surface area contributed by atoms with Crippen molar-refractivity contribution in [2.24, 2.45) is 35.2 Å². The van der Waals surface area contributed by atoms with Gasteiger partial charge in [-0.05, 0) is 307 Å². The Morgan fingerprint density at radius 1 is 0.269 bits per heavy atom. The summed E-state index contributed by atoms with van der Waals surface area (Å²) in [7, 11) is 10.3. The average molecular weight is 1550 g/mol. The lowest BCUT2D eigenvalue weighted by Crippen LogP contribution is -2.31. The van der Waals surface area contributed by atoms with Crippen LogP contribution in [0.4, 0.5) is 0 Å². The van der Waals surface area contributed by atoms with Gasteiger partial charge < -0.3 is 0 Å². The molecule has 0 saturated heterocycles. The number of aryl methyl sites for hydroxylation is 8. The minimum atomic E-state index is -2.08. The molecule has 5 heteroatoms. The molecule has 584 valence electrons. The Morgan fingerprint density at radius 3 is 1.13 bits per heavy atom. The molecule has 5 aromatic heterocycles. The number of aromatic nitrogens is 5. The van der Waals surface area contributed by atoms with Gasteiger partial charge in [-0.1, -0.05) is 198 Å². The van der Waals surface area contributed by atoms with Gasteiger partial charge in [0.25, 0.3) is 0 Å². The number of hydrogen-bond donors (Lipinski definition) is 0. The highest BCUT2D eigenvalue weighted by atomic mass is 14.9. The maximum absolute atomic E-state index is 8.62. The van der Waals surface area contributed by atoms with E-state index in [-0.39, 0.29) is 0 Å². The Labute approximate surface area is 711 Å². The molecule has 5 aliphatic carbocycles. The fraction of sp³-hybridized carbons (Fsp3) is 0.202. The van der Waals surface area contributed by atoms with Crippen LogP contribution in [-0.2, 0) is 67.3 Å². The van der Waals surface area contributed by atoms with Gasteiger partial charge in [0.1, 0.15) is 35.2 Å². The average Bonchev–Trinajstić information content (AvgIpc) is 1.08. The minimum Gasteiger partial charge on any atom is -0.201 e. The number of fused-ring (bicyclic) bond motifs is 21. The molecule has 119 heavy (non-hydrogen) atoms. The summed E-state index contributed by atoms with van der Waals surface area (Å²) >= 11 is 0. The smallest absolute Gasteiger partial charge is 0.201 e. The van der Waals surface area contributed by atoms with E-state index in [1.165, 1.54) is 211 Å². The highest BCUT2D eigenvalue weighted by molar-refractivity contribution is 6.25. The molecule has 17 aromatic rings. The molecule has 0 N–H and O–H groups in total. The first-order valence-electron chi connectivity index (χ1n) is 44.6. The molecule has 0 fully saturated rings. The van der Waals surface area contributed by atoms with Crippen LogP contribution in [0.1, 0.15) is 152 Å². The molecular weight excluding hydrogens is 1440 g/mol. The number of hydrogen-bond acceptors (Lipinski definition) is 0. The molecule has 0 atom stereocenters. The van der Waals surface area contributed by atoms with Gasteiger partial charge in [-0.3, -0.25) is 0 Å². The lowest BCUT2D eigenvalue weighted by atomic mass is 9.88. The van der Waals surface area contributed by atoms with E-state index in [2.05, 4.69) is 362 Å². The second kappa shape index (κ2) is 31.6. The molecule has 12 aromatic carbocycles. The van der Waals surface area contributed by atoms with E-state index in [0.717, 1.165) is 54.5 Å². The number of nitrogens with zero attached hydrogens (tertiary/aromatic N) is 5. The molecule has 0 amide bonds. The molecule has 0 aliphatic heterocycles. The molecule has 5 nitrogen and oxygen atoms in total. The first-order valence-corrected chi connectivity index (χ1v) is 42.1. The molecule has 5 aliphatic rings. The maximum atomic E-state index is 8.62. The number of benzene rings is 12. The summed E-state index contributed by atoms with van der Waals surface area (Å²) in [4.78, 5) is 0. The van der Waals surface area contributed by atoms with Gasteiger partial charge in [0, 0.05) is 82.7 Å². The summed E-state index contributed by atoms with van der Waals surface area (Å²) in [6.45, 7) is 19.1. The molecule has 22 rings (SSSR count). The van der Waals surface area contributed by atoms with Crippen molar-refractivity contribution in [3.63, 3.8) is 0 Å². The maximum Gasteiger partial charge on any atom is 0.221 e. The fourth-order valence-electron chi connectivity index (χ4n) is 20.0. The van der Waals surface area contributed by atoms with Crippen molar-refractivity contribution in [2.45, 2.75) is 120 Å². The van der Waals surface area contributed by atoms with E-state index in [0.29, 0.717) is 5.56 Å². The van der Waals surface area contributed by atoms with Crippen LogP contribution in [0.25, 0.3) is 133 Å². The van der Waals surface area contributed by atoms with Crippen molar-refractivity contribution in [3.05, 3.63) is 398 Å². The molecule has 0 spiro atoms. The quantitative estimate of drug-likeness (QED) is 0.117. The van der Waals surface area contributed by atoms with Gasteiger partial charge in [0.2, 0.25) is 28.3 Å². The van der Waals surface area contributed by atoms with Crippen LogP contribution in [-0.4, -0.2) is 0 Å². The van der Waals surface area contributed by atoms with Crippen molar-refractivity contribution in [1.82, 2.24) is 0 Å². The highest BCUT2D eigenvalue weighted by Crippen LogP contribution is 2.49. The van der Waals surface area contributed by atoms with Crippen LogP contribution in [0.5, 0.6) is 0 Å². The Kier molecular flexibility index (Phi) is 19.0. The third-order valence-electron chi connectivity index (χ3n) is 26.1. The number of pyridine rings is 5. The standard InChI is InChI=1S/C29H26N.C23H24N.2C21H20N.C20H18N/c1-17(2)20-14-27-23-12-8-7-11-22(23)26-15-25-21-10-6-5-9-19(21)13-24(25)18(3)28(26)29(27)30(4)16-20;1-15(2)17-11-12-24(4)22(14-17)20-10-9-19-13-18-7-5-6-8-21(18)23(19)16(20)3;1-14-8-11-20(22(3)13-14)18-10-9-17-12-16-6-4-5-7-19(16)21(17)15(18)2;1-14-10-11-22(3)20(12-14)18-9-8-17-13-16-6-4-5-7-19(16)21(17)15(18)2;1-14-17(19-9-5-6-12-21(19)2)11-10-16-13-15-7-3-4-8-18(15)20(14)16/h5-12,14-17H,13H2,1-4H3;5-12,14-15H,13H2,1-4H3;4-11,13H,12H2,1-3H3;4-12H,13H2,1-3H3;3-12H,13H2,1-2H3/q5*+1/i17D;15D;1D3;;. The van der Waals surface area contributed by atoms with E-state index >= 15 is 0 Å². The van der Waals surface area contributed by atoms with Crippen LogP contribution >= 0.6 is 0 Å². The third kappa shape index (κ3) is 14.0. The lowest BCUT2D eigenvalue weighted by molar-refractivity contribution is -0.660. The topological polar surface area (TPSA) is 19.4 Å². The van der Waals surface area contributed by atoms with Crippen LogP contribution in [0.3, 0.4) is 0 Å². The van der Waals surface area contributed by atoms with Crippen LogP contribution in [0.15, 0.2) is 292 Å². The Bertz CT molecular complexity index is 7230. The summed E-state index contributed by atoms with van der Waals surface area (Å²) < 4.78 is 50.5. The van der Waals surface area contributed by atoms with E-state index in [4.69, 9.17) is 6.85 Å². The summed E-state index contributed by atoms with van der Waals surface area (Å²) in [6.07, 6.45) is 15.3. The zero-order valence-electron chi connectivity index (χ0n) is 76.5. The van der Waals surface area contributed by atoms with Gasteiger partial charge in [0.05, 0.1) is 10.8 Å². The van der Waals surface area contributed by atoms with Crippen LogP contribution in [0, 0.1) is 48.4 Å². The molecule has 0 bridgehead atoms. The van der Waals surface area contributed by atoms with Crippen molar-refractivity contribution in [2.75, 3.05) is 0 Å². The first kappa shape index (κ1) is 71.5. The van der Waals surface area contributed by atoms with Crippen molar-refractivity contribution in [1.29, 1.82) is 0 Å². The van der Waals surface area contributed by atoms with Gasteiger partial charge in [-0.2, -0.15) is 0 Å². The van der Waals surface area contributed by atoms with Crippen LogP contribution < -0.4 is 22.8 Å². The SMILES string of the molecule is Cc1c(-c2cccc[n+]2C)ccc2c1-c1ccccc1C2.Cc1cc[n+](C)c(-c2ccc3c(c2C)-c2ccccc2C3)c1.[2H]C(C)(C)c1cc2c3ccccc3c3cc4c(c(C)c3c2[n+](C)c1)Cc1ccccc1-4.[2H]C(C)(C)c1cc[n+](C)c(-c2ccc3c(c2C)-c2ccccc2C3)c1.[2H]C([2H])([2H])c1ccc(-c2ccc3c(c2C)-c2ccccc2C3)[n+](C)c1. The second-order valence-electron chi connectivity index (χ2n) is 34.1. The predicted molar refractivity (Wildman–Crippen MR) is 495 cm³/mol. The summed E-state index contributed by atoms with van der Waals surface area (Å²) in [5.41, 5.74) is 49.7. The van der Waals surface area contributed by atoms with Gasteiger partial charge in [0.15, 0.2) is 31.0 Å². The summed E-state index contributed by atoms with van der Waals surface area (Å²) in [5.74, 6) is -1.24. The fourth-order valence-corrected chi connectivity index (χ4v) is 20.0. The van der Waals surface area contributed by atoms with Crippen molar-refractivity contribution in [3.8, 4) is 101 Å². The molecular formula is C114H108N5+5. The van der Waals surface area contributed by atoms with E-state index in [1.54, 1.807) is 12.3 Å². The highest BCUT2D eigenvalue weighted by Gasteiger charge is 2.31. The molecule has 0 unspecified atom stereocenters. The van der Waals surface area contributed by atoms with E-state index in [1.807, 2.05) is 45.4 Å². The van der Waals surface area contributed by atoms with Crippen molar-refractivity contribution >= 4 is 32.4 Å². The van der Waals surface area contributed by atoms with Gasteiger partial charge in [-0.15, -0.1) is 0 Å². The monoisotopic (exact) mass is 1550 g/mol.